The highest BCUT2D eigenvalue weighted by Crippen LogP contribution is 2.41. The first-order valence-corrected chi connectivity index (χ1v) is 9.14. The lowest BCUT2D eigenvalue weighted by molar-refractivity contribution is -0.135. The predicted molar refractivity (Wildman–Crippen MR) is 82.7 cm³/mol. The zero-order valence-corrected chi connectivity index (χ0v) is 13.6. The van der Waals surface area contributed by atoms with Gasteiger partial charge in [-0.25, -0.2) is 4.57 Å². The molecule has 2 rings (SSSR count). The Balaban J connectivity index is 1.85. The molecule has 4 atom stereocenters. The van der Waals surface area contributed by atoms with Crippen LogP contribution in [0.5, 0.6) is 0 Å². The Morgan fingerprint density at radius 2 is 1.83 bits per heavy atom. The maximum Gasteiger partial charge on any atom is 0.470 e. The Morgan fingerprint density at radius 3 is 2.48 bits per heavy atom. The van der Waals surface area contributed by atoms with Crippen molar-refractivity contribution in [2.75, 3.05) is 6.61 Å². The molecule has 0 aromatic heterocycles. The summed E-state index contributed by atoms with van der Waals surface area (Å²) in [6.07, 6.45) is -2.14. The van der Waals surface area contributed by atoms with Crippen LogP contribution in [0.1, 0.15) is 24.8 Å². The Labute approximate surface area is 135 Å². The van der Waals surface area contributed by atoms with Gasteiger partial charge in [-0.3, -0.25) is 4.52 Å². The fraction of sp³-hybridized carbons (Fsp3) is 0.600. The number of aliphatic hydroxyl groups is 2. The number of rotatable bonds is 7. The number of hydrogen-bond donors (Lipinski definition) is 4. The second kappa shape index (κ2) is 8.35. The molecule has 1 aromatic carbocycles. The van der Waals surface area contributed by atoms with Crippen LogP contribution in [0.25, 0.3) is 0 Å². The number of aryl methyl sites for hydroxylation is 1. The molecule has 0 unspecified atom stereocenters. The number of benzene rings is 1. The van der Waals surface area contributed by atoms with Gasteiger partial charge in [0.2, 0.25) is 0 Å². The number of ether oxygens (including phenoxy) is 1. The first-order valence-electron chi connectivity index (χ1n) is 7.61. The van der Waals surface area contributed by atoms with E-state index in [4.69, 9.17) is 14.5 Å². The van der Waals surface area contributed by atoms with E-state index in [-0.39, 0.29) is 12.8 Å². The van der Waals surface area contributed by atoms with Crippen LogP contribution in [0.15, 0.2) is 30.3 Å². The van der Waals surface area contributed by atoms with Gasteiger partial charge in [0.25, 0.3) is 0 Å². The fourth-order valence-corrected chi connectivity index (χ4v) is 3.37. The van der Waals surface area contributed by atoms with E-state index in [2.05, 4.69) is 4.52 Å². The molecule has 1 aliphatic carbocycles. The fourth-order valence-electron chi connectivity index (χ4n) is 2.77. The van der Waals surface area contributed by atoms with Crippen LogP contribution in [0.3, 0.4) is 0 Å². The van der Waals surface area contributed by atoms with Crippen molar-refractivity contribution < 1.29 is 33.8 Å². The van der Waals surface area contributed by atoms with Crippen molar-refractivity contribution in [1.29, 1.82) is 0 Å². The Bertz CT molecular complexity index is 518. The third-order valence-electron chi connectivity index (χ3n) is 3.81. The minimum atomic E-state index is -4.74. The first-order chi connectivity index (χ1) is 10.8. The summed E-state index contributed by atoms with van der Waals surface area (Å²) in [6.45, 7) is 0.347. The molecular formula is C15H23O7P. The summed E-state index contributed by atoms with van der Waals surface area (Å²) in [5.74, 6) is 0. The van der Waals surface area contributed by atoms with Gasteiger partial charge in [0.15, 0.2) is 0 Å². The van der Waals surface area contributed by atoms with Crippen molar-refractivity contribution >= 4 is 7.82 Å². The smallest absolute Gasteiger partial charge is 0.393 e. The van der Waals surface area contributed by atoms with Gasteiger partial charge >= 0.3 is 7.82 Å². The largest absolute Gasteiger partial charge is 0.470 e. The van der Waals surface area contributed by atoms with Gasteiger partial charge in [0.1, 0.15) is 6.10 Å². The van der Waals surface area contributed by atoms with E-state index in [1.54, 1.807) is 0 Å². The minimum absolute atomic E-state index is 0.00847. The topological polar surface area (TPSA) is 116 Å². The van der Waals surface area contributed by atoms with Crippen molar-refractivity contribution in [2.45, 2.75) is 50.1 Å². The molecule has 0 aliphatic heterocycles. The van der Waals surface area contributed by atoms with E-state index in [9.17, 15) is 14.8 Å². The van der Waals surface area contributed by atoms with Crippen molar-refractivity contribution in [3.8, 4) is 0 Å². The predicted octanol–water partition coefficient (Wildman–Crippen LogP) is 0.998. The van der Waals surface area contributed by atoms with Crippen molar-refractivity contribution in [1.82, 2.24) is 0 Å². The molecule has 1 aliphatic rings. The molecule has 23 heavy (non-hydrogen) atoms. The van der Waals surface area contributed by atoms with Gasteiger partial charge in [0.05, 0.1) is 18.3 Å². The second-order valence-electron chi connectivity index (χ2n) is 5.75. The summed E-state index contributed by atoms with van der Waals surface area (Å²) >= 11 is 0. The molecule has 0 amide bonds. The normalized spacial score (nSPS) is 28.7. The first kappa shape index (κ1) is 18.5. The zero-order valence-electron chi connectivity index (χ0n) is 12.7. The van der Waals surface area contributed by atoms with Crippen molar-refractivity contribution in [2.24, 2.45) is 0 Å². The summed E-state index contributed by atoms with van der Waals surface area (Å²) in [4.78, 5) is 17.9. The van der Waals surface area contributed by atoms with Gasteiger partial charge in [-0.2, -0.15) is 0 Å². The zero-order chi connectivity index (χ0) is 16.9. The quantitative estimate of drug-likeness (QED) is 0.430. The third kappa shape index (κ3) is 6.31. The lowest BCUT2D eigenvalue weighted by Gasteiger charge is -2.37. The molecule has 0 saturated heterocycles. The SMILES string of the molecule is O=P(O)(O)O[C@@H]1[C@H](O)C[C@@H](O)C[C@H]1OCCCc1ccccc1. The van der Waals surface area contributed by atoms with Crippen LogP contribution in [0.4, 0.5) is 0 Å². The highest BCUT2D eigenvalue weighted by Gasteiger charge is 2.41. The summed E-state index contributed by atoms with van der Waals surface area (Å²) in [5.41, 5.74) is 1.17. The molecule has 0 spiro atoms. The van der Waals surface area contributed by atoms with Crippen LogP contribution < -0.4 is 0 Å². The maximum atomic E-state index is 11.0. The molecule has 7 nitrogen and oxygen atoms in total. The molecule has 1 saturated carbocycles. The van der Waals surface area contributed by atoms with E-state index in [0.29, 0.717) is 6.61 Å². The molecular weight excluding hydrogens is 323 g/mol. The summed E-state index contributed by atoms with van der Waals surface area (Å²) in [7, 11) is -4.74. The molecule has 4 N–H and O–H groups in total. The highest BCUT2D eigenvalue weighted by molar-refractivity contribution is 7.46. The minimum Gasteiger partial charge on any atom is -0.393 e. The van der Waals surface area contributed by atoms with E-state index >= 15 is 0 Å². The van der Waals surface area contributed by atoms with Gasteiger partial charge in [-0.1, -0.05) is 30.3 Å². The van der Waals surface area contributed by atoms with Crippen LogP contribution in [-0.4, -0.2) is 51.0 Å². The molecule has 1 aromatic rings. The van der Waals surface area contributed by atoms with Crippen molar-refractivity contribution in [3.05, 3.63) is 35.9 Å². The van der Waals surface area contributed by atoms with Crippen molar-refractivity contribution in [3.63, 3.8) is 0 Å². The Hall–Kier alpha value is -0.790. The third-order valence-corrected chi connectivity index (χ3v) is 4.33. The number of phosphoric acid groups is 1. The van der Waals surface area contributed by atoms with Gasteiger partial charge in [-0.05, 0) is 18.4 Å². The Kier molecular flexibility index (Phi) is 6.73. The lowest BCUT2D eigenvalue weighted by Crippen LogP contribution is -2.48. The van der Waals surface area contributed by atoms with Gasteiger partial charge in [-0.15, -0.1) is 0 Å². The Morgan fingerprint density at radius 1 is 1.13 bits per heavy atom. The number of hydrogen-bond acceptors (Lipinski definition) is 5. The van der Waals surface area contributed by atoms with E-state index < -0.39 is 32.2 Å². The average molecular weight is 346 g/mol. The van der Waals surface area contributed by atoms with E-state index in [0.717, 1.165) is 12.8 Å². The van der Waals surface area contributed by atoms with E-state index in [1.807, 2.05) is 30.3 Å². The highest BCUT2D eigenvalue weighted by atomic mass is 31.2. The lowest BCUT2D eigenvalue weighted by atomic mass is 9.90. The standard InChI is InChI=1S/C15H23O7P/c16-12-9-13(17)15(22-23(18,19)20)14(10-12)21-8-4-7-11-5-2-1-3-6-11/h1-3,5-6,12-17H,4,7-10H2,(H2,18,19,20)/t12-,13-,14-,15-/m1/s1. The molecule has 8 heteroatoms. The molecule has 1 fully saturated rings. The van der Waals surface area contributed by atoms with Crippen LogP contribution in [0, 0.1) is 0 Å². The molecule has 0 radical (unpaired) electrons. The average Bonchev–Trinajstić information content (AvgIpc) is 2.47. The molecule has 0 heterocycles. The molecule has 0 bridgehead atoms. The monoisotopic (exact) mass is 346 g/mol. The maximum absolute atomic E-state index is 11.0. The summed E-state index contributed by atoms with van der Waals surface area (Å²) < 4.78 is 21.3. The van der Waals surface area contributed by atoms with Crippen LogP contribution in [0.2, 0.25) is 0 Å². The number of phosphoric ester groups is 1. The molecule has 130 valence electrons. The van der Waals surface area contributed by atoms with Gasteiger partial charge in [0, 0.05) is 19.4 Å². The number of aliphatic hydroxyl groups excluding tert-OH is 2. The second-order valence-corrected chi connectivity index (χ2v) is 6.94. The van der Waals surface area contributed by atoms with E-state index in [1.165, 1.54) is 5.56 Å². The summed E-state index contributed by atoms with van der Waals surface area (Å²) in [6, 6.07) is 9.86. The summed E-state index contributed by atoms with van der Waals surface area (Å²) in [5, 5.41) is 19.6. The van der Waals surface area contributed by atoms with Crippen LogP contribution in [-0.2, 0) is 20.2 Å². The van der Waals surface area contributed by atoms with Gasteiger partial charge < -0.3 is 24.7 Å². The van der Waals surface area contributed by atoms with Crippen LogP contribution >= 0.6 is 7.82 Å².